The van der Waals surface area contributed by atoms with Gasteiger partial charge >= 0.3 is 0 Å². The molecule has 0 fully saturated rings. The zero-order valence-corrected chi connectivity index (χ0v) is 18.3. The SMILES string of the molecule is CNC(=O)C(C)N(CCc1ccccc1)C(=O)CSCc1ccc(Cl)cc1Cl. The zero-order chi connectivity index (χ0) is 20.5. The third-order valence-corrected chi connectivity index (χ3v) is 5.95. The van der Waals surface area contributed by atoms with E-state index in [9.17, 15) is 9.59 Å². The van der Waals surface area contributed by atoms with Crippen LogP contribution in [0, 0.1) is 0 Å². The molecular weight excluding hydrogens is 415 g/mol. The van der Waals surface area contributed by atoms with Crippen LogP contribution in [-0.2, 0) is 21.8 Å². The van der Waals surface area contributed by atoms with Gasteiger partial charge in [-0.05, 0) is 36.6 Å². The molecule has 0 radical (unpaired) electrons. The summed E-state index contributed by atoms with van der Waals surface area (Å²) < 4.78 is 0. The van der Waals surface area contributed by atoms with Crippen molar-refractivity contribution in [3.63, 3.8) is 0 Å². The van der Waals surface area contributed by atoms with Crippen molar-refractivity contribution in [2.24, 2.45) is 0 Å². The number of hydrogen-bond acceptors (Lipinski definition) is 3. The van der Waals surface area contributed by atoms with E-state index in [1.807, 2.05) is 36.4 Å². The minimum absolute atomic E-state index is 0.0675. The molecule has 0 saturated heterocycles. The van der Waals surface area contributed by atoms with Gasteiger partial charge in [-0.15, -0.1) is 11.8 Å². The summed E-state index contributed by atoms with van der Waals surface area (Å²) in [6, 6.07) is 14.7. The third-order valence-electron chi connectivity index (χ3n) is 4.40. The Labute approximate surface area is 180 Å². The zero-order valence-electron chi connectivity index (χ0n) is 16.0. The number of nitrogens with zero attached hydrogens (tertiary/aromatic N) is 1. The molecule has 2 aromatic rings. The molecule has 1 N–H and O–H groups in total. The van der Waals surface area contributed by atoms with Gasteiger partial charge in [0.05, 0.1) is 5.75 Å². The Bertz CT molecular complexity index is 802. The summed E-state index contributed by atoms with van der Waals surface area (Å²) in [4.78, 5) is 26.6. The Kier molecular flexibility index (Phi) is 9.16. The van der Waals surface area contributed by atoms with E-state index in [-0.39, 0.29) is 17.6 Å². The summed E-state index contributed by atoms with van der Waals surface area (Å²) in [6.45, 7) is 2.24. The number of amides is 2. The maximum Gasteiger partial charge on any atom is 0.242 e. The highest BCUT2D eigenvalue weighted by molar-refractivity contribution is 7.99. The van der Waals surface area contributed by atoms with Crippen LogP contribution in [0.15, 0.2) is 48.5 Å². The molecule has 0 heterocycles. The van der Waals surface area contributed by atoms with Gasteiger partial charge in [0.15, 0.2) is 0 Å². The molecule has 0 bridgehead atoms. The van der Waals surface area contributed by atoms with Gasteiger partial charge in [0.1, 0.15) is 6.04 Å². The molecule has 0 aliphatic rings. The monoisotopic (exact) mass is 438 g/mol. The molecule has 0 spiro atoms. The van der Waals surface area contributed by atoms with Crippen LogP contribution in [0.1, 0.15) is 18.1 Å². The third kappa shape index (κ3) is 6.73. The minimum Gasteiger partial charge on any atom is -0.357 e. The van der Waals surface area contributed by atoms with Gasteiger partial charge < -0.3 is 10.2 Å². The maximum atomic E-state index is 12.8. The molecular formula is C21H24Cl2N2O2S. The van der Waals surface area contributed by atoms with Crippen LogP contribution >= 0.6 is 35.0 Å². The molecule has 0 aliphatic carbocycles. The number of rotatable bonds is 9. The number of hydrogen-bond donors (Lipinski definition) is 1. The summed E-state index contributed by atoms with van der Waals surface area (Å²) in [7, 11) is 1.58. The second-order valence-corrected chi connectivity index (χ2v) is 8.17. The first-order chi connectivity index (χ1) is 13.4. The summed E-state index contributed by atoms with van der Waals surface area (Å²) in [5.74, 6) is 0.631. The van der Waals surface area contributed by atoms with Crippen molar-refractivity contribution in [3.05, 3.63) is 69.7 Å². The Morgan fingerprint density at radius 3 is 2.50 bits per heavy atom. The highest BCUT2D eigenvalue weighted by atomic mass is 35.5. The van der Waals surface area contributed by atoms with Crippen molar-refractivity contribution in [1.82, 2.24) is 10.2 Å². The van der Waals surface area contributed by atoms with Gasteiger partial charge in [-0.3, -0.25) is 9.59 Å². The molecule has 150 valence electrons. The number of likely N-dealkylation sites (N-methyl/N-ethyl adjacent to an activating group) is 1. The predicted octanol–water partition coefficient (Wildman–Crippen LogP) is 4.43. The highest BCUT2D eigenvalue weighted by Crippen LogP contribution is 2.25. The molecule has 28 heavy (non-hydrogen) atoms. The second-order valence-electron chi connectivity index (χ2n) is 6.34. The van der Waals surface area contributed by atoms with Crippen molar-refractivity contribution < 1.29 is 9.59 Å². The molecule has 2 aromatic carbocycles. The molecule has 0 aliphatic heterocycles. The fourth-order valence-corrected chi connectivity index (χ4v) is 4.22. The van der Waals surface area contributed by atoms with E-state index in [4.69, 9.17) is 23.2 Å². The molecule has 0 saturated carbocycles. The van der Waals surface area contributed by atoms with Crippen LogP contribution in [0.3, 0.4) is 0 Å². The second kappa shape index (κ2) is 11.3. The smallest absolute Gasteiger partial charge is 0.242 e. The molecule has 2 rings (SSSR count). The summed E-state index contributed by atoms with van der Waals surface area (Å²) in [6.07, 6.45) is 0.696. The fourth-order valence-electron chi connectivity index (χ4n) is 2.75. The van der Waals surface area contributed by atoms with E-state index in [1.54, 1.807) is 31.0 Å². The standard InChI is InChI=1S/C21H24Cl2N2O2S/c1-15(21(27)24-2)25(11-10-16-6-4-3-5-7-16)20(26)14-28-13-17-8-9-18(22)12-19(17)23/h3-9,12,15H,10-11,13-14H2,1-2H3,(H,24,27). The van der Waals surface area contributed by atoms with Crippen LogP contribution in [0.2, 0.25) is 10.0 Å². The van der Waals surface area contributed by atoms with E-state index in [2.05, 4.69) is 5.32 Å². The summed E-state index contributed by atoms with van der Waals surface area (Å²) in [5.41, 5.74) is 2.06. The number of carbonyl (C=O) groups is 2. The van der Waals surface area contributed by atoms with E-state index in [0.29, 0.717) is 28.8 Å². The Morgan fingerprint density at radius 1 is 1.14 bits per heavy atom. The first kappa shape index (κ1) is 22.6. The lowest BCUT2D eigenvalue weighted by Crippen LogP contribution is -2.48. The summed E-state index contributed by atoms with van der Waals surface area (Å²) >= 11 is 13.6. The largest absolute Gasteiger partial charge is 0.357 e. The normalized spacial score (nSPS) is 11.7. The van der Waals surface area contributed by atoms with Gasteiger partial charge in [-0.2, -0.15) is 0 Å². The van der Waals surface area contributed by atoms with E-state index in [1.165, 1.54) is 11.8 Å². The number of thioether (sulfide) groups is 1. The van der Waals surface area contributed by atoms with E-state index >= 15 is 0 Å². The van der Waals surface area contributed by atoms with Gasteiger partial charge in [-0.1, -0.05) is 59.6 Å². The molecule has 2 amide bonds. The quantitative estimate of drug-likeness (QED) is 0.629. The number of benzene rings is 2. The molecule has 1 atom stereocenters. The fraction of sp³-hybridized carbons (Fsp3) is 0.333. The molecule has 1 unspecified atom stereocenters. The lowest BCUT2D eigenvalue weighted by Gasteiger charge is -2.28. The number of carbonyl (C=O) groups excluding carboxylic acids is 2. The van der Waals surface area contributed by atoms with Crippen LogP contribution in [0.25, 0.3) is 0 Å². The average molecular weight is 439 g/mol. The molecule has 4 nitrogen and oxygen atoms in total. The average Bonchev–Trinajstić information content (AvgIpc) is 2.69. The highest BCUT2D eigenvalue weighted by Gasteiger charge is 2.24. The van der Waals surface area contributed by atoms with Crippen molar-refractivity contribution in [3.8, 4) is 0 Å². The van der Waals surface area contributed by atoms with Gasteiger partial charge in [-0.25, -0.2) is 0 Å². The van der Waals surface area contributed by atoms with E-state index < -0.39 is 6.04 Å². The Hall–Kier alpha value is -1.69. The predicted molar refractivity (Wildman–Crippen MR) is 118 cm³/mol. The van der Waals surface area contributed by atoms with Crippen LogP contribution < -0.4 is 5.32 Å². The lowest BCUT2D eigenvalue weighted by molar-refractivity contribution is -0.137. The van der Waals surface area contributed by atoms with Gasteiger partial charge in [0.25, 0.3) is 0 Å². The van der Waals surface area contributed by atoms with Crippen molar-refractivity contribution in [2.45, 2.75) is 25.1 Å². The minimum atomic E-state index is -0.527. The van der Waals surface area contributed by atoms with Gasteiger partial charge in [0, 0.05) is 29.4 Å². The van der Waals surface area contributed by atoms with Crippen molar-refractivity contribution >= 4 is 46.8 Å². The van der Waals surface area contributed by atoms with Crippen LogP contribution in [0.4, 0.5) is 0 Å². The van der Waals surface area contributed by atoms with Crippen molar-refractivity contribution in [2.75, 3.05) is 19.3 Å². The maximum absolute atomic E-state index is 12.8. The number of nitrogens with one attached hydrogen (secondary N) is 1. The topological polar surface area (TPSA) is 49.4 Å². The van der Waals surface area contributed by atoms with Crippen molar-refractivity contribution in [1.29, 1.82) is 0 Å². The number of halogens is 2. The van der Waals surface area contributed by atoms with Crippen LogP contribution in [0.5, 0.6) is 0 Å². The van der Waals surface area contributed by atoms with Gasteiger partial charge in [0.2, 0.25) is 11.8 Å². The lowest BCUT2D eigenvalue weighted by atomic mass is 10.1. The first-order valence-electron chi connectivity index (χ1n) is 8.99. The van der Waals surface area contributed by atoms with Crippen LogP contribution in [-0.4, -0.2) is 42.1 Å². The molecule has 0 aromatic heterocycles. The summed E-state index contributed by atoms with van der Waals surface area (Å²) in [5, 5.41) is 3.80. The van der Waals surface area contributed by atoms with E-state index in [0.717, 1.165) is 11.1 Å². The Balaban J connectivity index is 1.98. The first-order valence-corrected chi connectivity index (χ1v) is 10.9. The Morgan fingerprint density at radius 2 is 1.86 bits per heavy atom. The molecule has 7 heteroatoms.